The summed E-state index contributed by atoms with van der Waals surface area (Å²) in [5.74, 6) is 2.04. The van der Waals surface area contributed by atoms with Crippen molar-refractivity contribution in [2.75, 3.05) is 9.80 Å². The van der Waals surface area contributed by atoms with E-state index in [2.05, 4.69) is 173 Å². The van der Waals surface area contributed by atoms with E-state index in [1.54, 1.807) is 11.3 Å². The standard InChI is InChI=1S/C48H29N4OS.Pt/c1-3-12-32(13-4-1)33-22-25-42-40(26-33)38-24-23-37(28-45(38)52(42)48-29-47-41(30-49-48)39-18-7-10-21-46(39)54-47)53-36-17-11-16-35(27-36)51-31-50(34-14-5-2-6-15-34)43-19-8-9-20-44(43)51;/h1-26,29-31H;/q-3;. The van der Waals surface area contributed by atoms with E-state index in [0.29, 0.717) is 11.5 Å². The molecule has 55 heavy (non-hydrogen) atoms. The van der Waals surface area contributed by atoms with Gasteiger partial charge < -0.3 is 19.1 Å². The van der Waals surface area contributed by atoms with Crippen molar-refractivity contribution in [2.45, 2.75) is 0 Å². The zero-order valence-corrected chi connectivity index (χ0v) is 32.3. The van der Waals surface area contributed by atoms with Crippen LogP contribution in [0.2, 0.25) is 0 Å². The molecule has 0 saturated carbocycles. The summed E-state index contributed by atoms with van der Waals surface area (Å²) in [6, 6.07) is 64.0. The zero-order chi connectivity index (χ0) is 35.6. The van der Waals surface area contributed by atoms with Crippen LogP contribution >= 0.6 is 11.3 Å². The number of ether oxygens (including phenoxy) is 1. The molecule has 0 unspecified atom stereocenters. The molecule has 0 bridgehead atoms. The van der Waals surface area contributed by atoms with Gasteiger partial charge in [-0.3, -0.25) is 0 Å². The van der Waals surface area contributed by atoms with Crippen LogP contribution in [0.3, 0.4) is 0 Å². The van der Waals surface area contributed by atoms with Gasteiger partial charge in [0.1, 0.15) is 5.82 Å². The van der Waals surface area contributed by atoms with Crippen LogP contribution in [0.1, 0.15) is 0 Å². The van der Waals surface area contributed by atoms with Crippen LogP contribution in [-0.2, 0) is 21.1 Å². The van der Waals surface area contributed by atoms with Crippen LogP contribution in [0.5, 0.6) is 11.5 Å². The molecule has 5 nitrogen and oxygen atoms in total. The molecule has 3 aromatic heterocycles. The number of anilines is 4. The van der Waals surface area contributed by atoms with E-state index in [1.807, 2.05) is 30.5 Å². The van der Waals surface area contributed by atoms with Gasteiger partial charge in [0.15, 0.2) is 0 Å². The number of nitrogens with zero attached hydrogens (tertiary/aromatic N) is 4. The Morgan fingerprint density at radius 2 is 1.29 bits per heavy atom. The topological polar surface area (TPSA) is 33.5 Å². The van der Waals surface area contributed by atoms with Gasteiger partial charge in [-0.25, -0.2) is 4.98 Å². The summed E-state index contributed by atoms with van der Waals surface area (Å²) in [6.45, 7) is 2.11. The van der Waals surface area contributed by atoms with Gasteiger partial charge >= 0.3 is 0 Å². The SMILES string of the molecule is [Pt].[c-]1c(Oc2[c-]c3c(cc2)c2cc(-c4ccccc4)ccc2n3-c2cc3sc4ccccc4c3cn2)cccc1N1[CH-]N(c2ccccc2)c2ccccc21. The van der Waals surface area contributed by atoms with Gasteiger partial charge in [0.25, 0.3) is 0 Å². The third-order valence-corrected chi connectivity index (χ3v) is 11.3. The van der Waals surface area contributed by atoms with E-state index in [0.717, 1.165) is 55.9 Å². The largest absolute Gasteiger partial charge is 0.509 e. The molecule has 0 atom stereocenters. The third-order valence-electron chi connectivity index (χ3n) is 10.1. The predicted octanol–water partition coefficient (Wildman–Crippen LogP) is 13.0. The quantitative estimate of drug-likeness (QED) is 0.156. The van der Waals surface area contributed by atoms with Crippen LogP contribution < -0.4 is 14.5 Å². The molecule has 4 heterocycles. The molecular formula is C48H29N4OPtS-3. The Morgan fingerprint density at radius 1 is 0.545 bits per heavy atom. The molecule has 0 saturated heterocycles. The van der Waals surface area contributed by atoms with Gasteiger partial charge in [-0.05, 0) is 59.0 Å². The van der Waals surface area contributed by atoms with Crippen LogP contribution in [-0.4, -0.2) is 9.55 Å². The van der Waals surface area contributed by atoms with Crippen LogP contribution in [0, 0.1) is 18.8 Å². The minimum absolute atomic E-state index is 0. The molecule has 11 rings (SSSR count). The maximum atomic E-state index is 6.58. The average Bonchev–Trinajstić information content (AvgIpc) is 3.91. The van der Waals surface area contributed by atoms with Crippen molar-refractivity contribution >= 4 is 76.1 Å². The van der Waals surface area contributed by atoms with E-state index in [1.165, 1.54) is 25.7 Å². The number of fused-ring (bicyclic) bond motifs is 7. The molecule has 0 amide bonds. The number of para-hydroxylation sites is 3. The van der Waals surface area contributed by atoms with E-state index in [9.17, 15) is 0 Å². The fourth-order valence-electron chi connectivity index (χ4n) is 7.62. The number of aromatic nitrogens is 2. The van der Waals surface area contributed by atoms with Crippen molar-refractivity contribution in [1.29, 1.82) is 0 Å². The molecule has 0 fully saturated rings. The Labute approximate surface area is 336 Å². The maximum absolute atomic E-state index is 6.58. The second-order valence-corrected chi connectivity index (χ2v) is 14.4. The summed E-state index contributed by atoms with van der Waals surface area (Å²) in [5, 5.41) is 4.61. The van der Waals surface area contributed by atoms with Crippen LogP contribution in [0.15, 0.2) is 170 Å². The molecule has 7 heteroatoms. The summed E-state index contributed by atoms with van der Waals surface area (Å²) in [6.07, 6.45) is 2.01. The number of thiophene rings is 1. The summed E-state index contributed by atoms with van der Waals surface area (Å²) in [4.78, 5) is 9.41. The zero-order valence-electron chi connectivity index (χ0n) is 29.2. The van der Waals surface area contributed by atoms with Gasteiger partial charge in [0.05, 0.1) is 0 Å². The van der Waals surface area contributed by atoms with E-state index < -0.39 is 0 Å². The average molecular weight is 905 g/mol. The minimum atomic E-state index is 0. The Balaban J connectivity index is 0.00000372. The number of hydrogen-bond donors (Lipinski definition) is 0. The maximum Gasteiger partial charge on any atom is 0.137 e. The van der Waals surface area contributed by atoms with Crippen molar-refractivity contribution in [2.24, 2.45) is 0 Å². The molecule has 0 spiro atoms. The van der Waals surface area contributed by atoms with E-state index in [4.69, 9.17) is 9.72 Å². The Kier molecular flexibility index (Phi) is 8.24. The molecule has 7 aromatic carbocycles. The monoisotopic (exact) mass is 904 g/mol. The second-order valence-electron chi connectivity index (χ2n) is 13.3. The molecule has 0 N–H and O–H groups in total. The van der Waals surface area contributed by atoms with Gasteiger partial charge in [-0.2, -0.15) is 12.1 Å². The van der Waals surface area contributed by atoms with E-state index in [-0.39, 0.29) is 21.1 Å². The van der Waals surface area contributed by atoms with Crippen LogP contribution in [0.25, 0.3) is 58.9 Å². The first-order valence-corrected chi connectivity index (χ1v) is 18.7. The van der Waals surface area contributed by atoms with Crippen molar-refractivity contribution in [1.82, 2.24) is 9.55 Å². The minimum Gasteiger partial charge on any atom is -0.509 e. The Bertz CT molecular complexity index is 3030. The molecule has 0 aliphatic carbocycles. The fraction of sp³-hybridized carbons (Fsp3) is 0. The Morgan fingerprint density at radius 3 is 2.15 bits per heavy atom. The summed E-state index contributed by atoms with van der Waals surface area (Å²) in [5.41, 5.74) is 8.45. The molecule has 1 aliphatic rings. The van der Waals surface area contributed by atoms with Gasteiger partial charge in [0, 0.05) is 81.5 Å². The molecule has 266 valence electrons. The summed E-state index contributed by atoms with van der Waals surface area (Å²) < 4.78 is 11.2. The van der Waals surface area contributed by atoms with Gasteiger partial charge in [-0.15, -0.1) is 59.4 Å². The van der Waals surface area contributed by atoms with Gasteiger partial charge in [-0.1, -0.05) is 96.5 Å². The molecule has 10 aromatic rings. The van der Waals surface area contributed by atoms with Crippen LogP contribution in [0.4, 0.5) is 22.7 Å². The number of benzene rings is 7. The molecule has 0 radical (unpaired) electrons. The Hall–Kier alpha value is -6.20. The normalized spacial score (nSPS) is 12.4. The molecule has 1 aliphatic heterocycles. The summed E-state index contributed by atoms with van der Waals surface area (Å²) in [7, 11) is 0. The number of rotatable bonds is 6. The first kappa shape index (κ1) is 33.4. The predicted molar refractivity (Wildman–Crippen MR) is 223 cm³/mol. The fourth-order valence-corrected chi connectivity index (χ4v) is 8.73. The third kappa shape index (κ3) is 5.68. The van der Waals surface area contributed by atoms with Crippen molar-refractivity contribution < 1.29 is 25.8 Å². The first-order chi connectivity index (χ1) is 26.7. The van der Waals surface area contributed by atoms with Crippen molar-refractivity contribution in [3.63, 3.8) is 0 Å². The van der Waals surface area contributed by atoms with E-state index >= 15 is 0 Å². The van der Waals surface area contributed by atoms with Crippen molar-refractivity contribution in [3.05, 3.63) is 189 Å². The summed E-state index contributed by atoms with van der Waals surface area (Å²) >= 11 is 1.79. The smallest absolute Gasteiger partial charge is 0.137 e. The number of hydrogen-bond acceptors (Lipinski definition) is 5. The first-order valence-electron chi connectivity index (χ1n) is 17.9. The molecular weight excluding hydrogens is 876 g/mol. The van der Waals surface area contributed by atoms with Gasteiger partial charge in [0.2, 0.25) is 0 Å². The number of pyridine rings is 1. The second kappa shape index (κ2) is 13.6. The van der Waals surface area contributed by atoms with Crippen molar-refractivity contribution in [3.8, 4) is 28.4 Å².